The van der Waals surface area contributed by atoms with E-state index < -0.39 is 0 Å². The van der Waals surface area contributed by atoms with Crippen molar-refractivity contribution in [2.24, 2.45) is 0 Å². The third-order valence-electron chi connectivity index (χ3n) is 4.35. The molecular formula is C14H27NO2. The fourth-order valence-corrected chi connectivity index (χ4v) is 3.16. The highest BCUT2D eigenvalue weighted by Crippen LogP contribution is 2.38. The van der Waals surface area contributed by atoms with Gasteiger partial charge in [-0.3, -0.25) is 0 Å². The fourth-order valence-electron chi connectivity index (χ4n) is 3.16. The Morgan fingerprint density at radius 1 is 1.35 bits per heavy atom. The van der Waals surface area contributed by atoms with Crippen molar-refractivity contribution in [1.29, 1.82) is 0 Å². The van der Waals surface area contributed by atoms with Crippen molar-refractivity contribution < 1.29 is 9.47 Å². The quantitative estimate of drug-likeness (QED) is 0.820. The minimum atomic E-state index is 0.213. The average Bonchev–Trinajstić information content (AvgIpc) is 2.37. The van der Waals surface area contributed by atoms with E-state index in [-0.39, 0.29) is 5.60 Å². The number of rotatable bonds is 4. The Morgan fingerprint density at radius 3 is 2.82 bits per heavy atom. The molecule has 17 heavy (non-hydrogen) atoms. The van der Waals surface area contributed by atoms with Gasteiger partial charge in [-0.25, -0.2) is 0 Å². The molecule has 0 amide bonds. The van der Waals surface area contributed by atoms with Crippen LogP contribution in [0.15, 0.2) is 0 Å². The van der Waals surface area contributed by atoms with Gasteiger partial charge in [-0.15, -0.1) is 0 Å². The molecule has 1 aliphatic heterocycles. The van der Waals surface area contributed by atoms with Crippen LogP contribution in [0.3, 0.4) is 0 Å². The summed E-state index contributed by atoms with van der Waals surface area (Å²) < 4.78 is 11.4. The molecule has 2 rings (SSSR count). The molecule has 1 spiro atoms. The van der Waals surface area contributed by atoms with E-state index in [1.165, 1.54) is 38.5 Å². The largest absolute Gasteiger partial charge is 0.380 e. The van der Waals surface area contributed by atoms with Crippen LogP contribution in [0.25, 0.3) is 0 Å². The molecule has 0 aromatic carbocycles. The highest BCUT2D eigenvalue weighted by Gasteiger charge is 2.38. The summed E-state index contributed by atoms with van der Waals surface area (Å²) in [5.41, 5.74) is 0.213. The zero-order valence-electron chi connectivity index (χ0n) is 11.3. The Bertz CT molecular complexity index is 221. The maximum atomic E-state index is 6.10. The van der Waals surface area contributed by atoms with Gasteiger partial charge in [0.05, 0.1) is 11.7 Å². The lowest BCUT2D eigenvalue weighted by atomic mass is 9.78. The molecule has 0 radical (unpaired) electrons. The molecule has 1 aliphatic carbocycles. The van der Waals surface area contributed by atoms with Crippen LogP contribution in [0, 0.1) is 0 Å². The van der Waals surface area contributed by atoms with Gasteiger partial charge < -0.3 is 14.8 Å². The fraction of sp³-hybridized carbons (Fsp3) is 1.00. The Labute approximate surface area is 105 Å². The summed E-state index contributed by atoms with van der Waals surface area (Å²) in [5, 5.41) is 3.64. The highest BCUT2D eigenvalue weighted by atomic mass is 16.5. The van der Waals surface area contributed by atoms with Gasteiger partial charge in [-0.1, -0.05) is 19.3 Å². The molecule has 3 heteroatoms. The summed E-state index contributed by atoms with van der Waals surface area (Å²) in [6, 6.07) is 0.624. The first kappa shape index (κ1) is 13.3. The zero-order valence-corrected chi connectivity index (χ0v) is 11.3. The summed E-state index contributed by atoms with van der Waals surface area (Å²) in [4.78, 5) is 0. The van der Waals surface area contributed by atoms with Crippen LogP contribution in [-0.4, -0.2) is 38.0 Å². The number of methoxy groups -OCH3 is 1. The molecule has 2 aliphatic rings. The van der Waals surface area contributed by atoms with Crippen molar-refractivity contribution in [3.05, 3.63) is 0 Å². The first-order chi connectivity index (χ1) is 8.24. The van der Waals surface area contributed by atoms with Gasteiger partial charge in [-0.05, 0) is 32.6 Å². The first-order valence-corrected chi connectivity index (χ1v) is 7.14. The summed E-state index contributed by atoms with van der Waals surface area (Å²) in [6.45, 7) is 4.00. The van der Waals surface area contributed by atoms with Crippen LogP contribution in [0.1, 0.15) is 51.9 Å². The summed E-state index contributed by atoms with van der Waals surface area (Å²) in [6.07, 6.45) is 9.28. The topological polar surface area (TPSA) is 30.5 Å². The monoisotopic (exact) mass is 241 g/mol. The molecule has 2 atom stereocenters. The maximum Gasteiger partial charge on any atom is 0.0697 e. The number of hydrogen-bond acceptors (Lipinski definition) is 3. The number of hydrogen-bond donors (Lipinski definition) is 1. The van der Waals surface area contributed by atoms with Crippen molar-refractivity contribution in [2.45, 2.75) is 69.6 Å². The predicted molar refractivity (Wildman–Crippen MR) is 69.3 cm³/mol. The Kier molecular flexibility index (Phi) is 4.83. The highest BCUT2D eigenvalue weighted by molar-refractivity contribution is 4.92. The molecule has 2 unspecified atom stereocenters. The van der Waals surface area contributed by atoms with E-state index in [1.54, 1.807) is 7.11 Å². The number of nitrogens with one attached hydrogen (secondary N) is 1. The lowest BCUT2D eigenvalue weighted by Crippen LogP contribution is -2.49. The molecule has 0 bridgehead atoms. The van der Waals surface area contributed by atoms with Gasteiger partial charge in [0.1, 0.15) is 0 Å². The molecule has 0 aromatic rings. The van der Waals surface area contributed by atoms with E-state index in [1.807, 2.05) is 0 Å². The average molecular weight is 241 g/mol. The zero-order chi connectivity index (χ0) is 12.1. The van der Waals surface area contributed by atoms with Gasteiger partial charge in [0.25, 0.3) is 0 Å². The minimum Gasteiger partial charge on any atom is -0.380 e. The van der Waals surface area contributed by atoms with Gasteiger partial charge >= 0.3 is 0 Å². The van der Waals surface area contributed by atoms with Crippen LogP contribution in [0.2, 0.25) is 0 Å². The van der Waals surface area contributed by atoms with Gasteiger partial charge in [-0.2, -0.15) is 0 Å². The van der Waals surface area contributed by atoms with Crippen molar-refractivity contribution in [1.82, 2.24) is 5.32 Å². The second kappa shape index (κ2) is 6.17. The maximum absolute atomic E-state index is 6.10. The number of ether oxygens (including phenoxy) is 2. The van der Waals surface area contributed by atoms with Gasteiger partial charge in [0, 0.05) is 26.3 Å². The Hall–Kier alpha value is -0.120. The third kappa shape index (κ3) is 3.67. The van der Waals surface area contributed by atoms with Gasteiger partial charge in [0.15, 0.2) is 0 Å². The van der Waals surface area contributed by atoms with Crippen molar-refractivity contribution in [3.63, 3.8) is 0 Å². The molecule has 2 fully saturated rings. The van der Waals surface area contributed by atoms with E-state index in [0.29, 0.717) is 12.1 Å². The van der Waals surface area contributed by atoms with E-state index in [9.17, 15) is 0 Å². The molecular weight excluding hydrogens is 214 g/mol. The standard InChI is InChI=1S/C14H27NO2/c1-12(16-2)11-15-13-6-9-17-14(10-13)7-4-3-5-8-14/h12-13,15H,3-11H2,1-2H3. The van der Waals surface area contributed by atoms with E-state index in [2.05, 4.69) is 12.2 Å². The molecule has 3 nitrogen and oxygen atoms in total. The van der Waals surface area contributed by atoms with Crippen LogP contribution in [0.4, 0.5) is 0 Å². The second-order valence-corrected chi connectivity index (χ2v) is 5.74. The third-order valence-corrected chi connectivity index (χ3v) is 4.35. The first-order valence-electron chi connectivity index (χ1n) is 7.14. The van der Waals surface area contributed by atoms with Crippen LogP contribution in [0.5, 0.6) is 0 Å². The smallest absolute Gasteiger partial charge is 0.0697 e. The summed E-state index contributed by atoms with van der Waals surface area (Å²) in [5.74, 6) is 0. The minimum absolute atomic E-state index is 0.213. The molecule has 100 valence electrons. The summed E-state index contributed by atoms with van der Waals surface area (Å²) >= 11 is 0. The lowest BCUT2D eigenvalue weighted by molar-refractivity contribution is -0.109. The molecule has 1 saturated heterocycles. The Balaban J connectivity index is 1.79. The van der Waals surface area contributed by atoms with Crippen LogP contribution >= 0.6 is 0 Å². The summed E-state index contributed by atoms with van der Waals surface area (Å²) in [7, 11) is 1.78. The van der Waals surface area contributed by atoms with Crippen LogP contribution in [-0.2, 0) is 9.47 Å². The molecule has 1 N–H and O–H groups in total. The van der Waals surface area contributed by atoms with E-state index >= 15 is 0 Å². The van der Waals surface area contributed by atoms with Crippen molar-refractivity contribution in [2.75, 3.05) is 20.3 Å². The normalized spacial score (nSPS) is 30.4. The predicted octanol–water partition coefficient (Wildman–Crippen LogP) is 2.49. The molecule has 1 saturated carbocycles. The van der Waals surface area contributed by atoms with E-state index in [0.717, 1.165) is 19.6 Å². The molecule has 0 aromatic heterocycles. The molecule has 1 heterocycles. The van der Waals surface area contributed by atoms with Crippen molar-refractivity contribution in [3.8, 4) is 0 Å². The van der Waals surface area contributed by atoms with E-state index in [4.69, 9.17) is 9.47 Å². The SMILES string of the molecule is COC(C)CNC1CCOC2(CCCCC2)C1. The lowest BCUT2D eigenvalue weighted by Gasteiger charge is -2.44. The Morgan fingerprint density at radius 2 is 2.12 bits per heavy atom. The van der Waals surface area contributed by atoms with Crippen molar-refractivity contribution >= 4 is 0 Å². The van der Waals surface area contributed by atoms with Gasteiger partial charge in [0.2, 0.25) is 0 Å². The second-order valence-electron chi connectivity index (χ2n) is 5.74. The van der Waals surface area contributed by atoms with Crippen LogP contribution < -0.4 is 5.32 Å².